The lowest BCUT2D eigenvalue weighted by Gasteiger charge is -2.15. The third-order valence-corrected chi connectivity index (χ3v) is 4.85. The largest absolute Gasteiger partial charge is 0.469 e. The third-order valence-electron chi connectivity index (χ3n) is 3.21. The molecule has 0 fully saturated rings. The number of rotatable bonds is 7. The van der Waals surface area contributed by atoms with E-state index in [0.29, 0.717) is 18.5 Å². The Kier molecular flexibility index (Phi) is 5.03. The van der Waals surface area contributed by atoms with Crippen molar-refractivity contribution in [2.24, 2.45) is 0 Å². The fourth-order valence-corrected chi connectivity index (χ4v) is 3.60. The van der Waals surface area contributed by atoms with Gasteiger partial charge in [-0.25, -0.2) is 13.1 Å². The average molecular weight is 308 g/mol. The molecule has 114 valence electrons. The van der Waals surface area contributed by atoms with E-state index in [0.717, 1.165) is 5.76 Å². The molecule has 0 aliphatic carbocycles. The lowest BCUT2D eigenvalue weighted by atomic mass is 10.2. The Bertz CT molecular complexity index is 666. The van der Waals surface area contributed by atoms with E-state index in [9.17, 15) is 8.42 Å². The summed E-state index contributed by atoms with van der Waals surface area (Å²) in [5, 5.41) is 2.90. The van der Waals surface area contributed by atoms with Gasteiger partial charge in [0.15, 0.2) is 0 Å². The van der Waals surface area contributed by atoms with Crippen LogP contribution in [0.25, 0.3) is 0 Å². The lowest BCUT2D eigenvalue weighted by Crippen LogP contribution is -2.33. The predicted octanol–water partition coefficient (Wildman–Crippen LogP) is 2.62. The highest BCUT2D eigenvalue weighted by Gasteiger charge is 2.20. The van der Waals surface area contributed by atoms with Gasteiger partial charge < -0.3 is 9.73 Å². The molecule has 1 aromatic carbocycles. The summed E-state index contributed by atoms with van der Waals surface area (Å²) in [6.07, 6.45) is 2.99. The summed E-state index contributed by atoms with van der Waals surface area (Å²) < 4.78 is 32.8. The number of benzene rings is 1. The second-order valence-electron chi connectivity index (χ2n) is 4.89. The molecule has 2 rings (SSSR count). The molecule has 6 heteroatoms. The zero-order valence-corrected chi connectivity index (χ0v) is 13.0. The van der Waals surface area contributed by atoms with Crippen molar-refractivity contribution in [3.8, 4) is 0 Å². The minimum atomic E-state index is -3.54. The topological polar surface area (TPSA) is 71.3 Å². The van der Waals surface area contributed by atoms with Crippen LogP contribution < -0.4 is 10.0 Å². The summed E-state index contributed by atoms with van der Waals surface area (Å²) in [7, 11) is -1.83. The van der Waals surface area contributed by atoms with Crippen molar-refractivity contribution in [2.45, 2.75) is 30.7 Å². The Hall–Kier alpha value is -1.79. The average Bonchev–Trinajstić information content (AvgIpc) is 2.98. The molecule has 1 atom stereocenters. The number of sulfonamides is 1. The van der Waals surface area contributed by atoms with E-state index in [4.69, 9.17) is 4.42 Å². The molecule has 0 aliphatic heterocycles. The molecule has 2 N–H and O–H groups in total. The Morgan fingerprint density at radius 3 is 2.62 bits per heavy atom. The van der Waals surface area contributed by atoms with E-state index in [1.165, 1.54) is 0 Å². The van der Waals surface area contributed by atoms with E-state index in [1.807, 2.05) is 19.1 Å². The first-order valence-electron chi connectivity index (χ1n) is 6.84. The molecule has 0 spiro atoms. The maximum atomic E-state index is 12.4. The summed E-state index contributed by atoms with van der Waals surface area (Å²) in [5.41, 5.74) is 0.586. The molecule has 0 aliphatic rings. The van der Waals surface area contributed by atoms with Crippen LogP contribution in [-0.4, -0.2) is 21.5 Å². The monoisotopic (exact) mass is 308 g/mol. The van der Waals surface area contributed by atoms with Gasteiger partial charge in [-0.05, 0) is 37.6 Å². The molecule has 0 saturated carbocycles. The van der Waals surface area contributed by atoms with Gasteiger partial charge in [0.25, 0.3) is 0 Å². The Labute approximate surface area is 125 Å². The van der Waals surface area contributed by atoms with Crippen LogP contribution in [0.2, 0.25) is 0 Å². The van der Waals surface area contributed by atoms with Gasteiger partial charge in [-0.3, -0.25) is 0 Å². The maximum absolute atomic E-state index is 12.4. The van der Waals surface area contributed by atoms with Gasteiger partial charge in [0.05, 0.1) is 12.0 Å². The van der Waals surface area contributed by atoms with Crippen LogP contribution in [0.3, 0.4) is 0 Å². The molecule has 0 bridgehead atoms. The quantitative estimate of drug-likeness (QED) is 0.825. The second kappa shape index (κ2) is 6.78. The van der Waals surface area contributed by atoms with Crippen molar-refractivity contribution in [3.63, 3.8) is 0 Å². The van der Waals surface area contributed by atoms with Crippen LogP contribution in [-0.2, 0) is 16.4 Å². The van der Waals surface area contributed by atoms with E-state index < -0.39 is 10.0 Å². The second-order valence-corrected chi connectivity index (χ2v) is 6.57. The van der Waals surface area contributed by atoms with Crippen molar-refractivity contribution in [2.75, 3.05) is 12.4 Å². The fraction of sp³-hybridized carbons (Fsp3) is 0.333. The smallest absolute Gasteiger partial charge is 0.242 e. The van der Waals surface area contributed by atoms with E-state index in [2.05, 4.69) is 10.0 Å². The maximum Gasteiger partial charge on any atom is 0.242 e. The first-order valence-corrected chi connectivity index (χ1v) is 8.33. The molecule has 2 aromatic rings. The van der Waals surface area contributed by atoms with Crippen molar-refractivity contribution >= 4 is 15.7 Å². The summed E-state index contributed by atoms with van der Waals surface area (Å²) in [6.45, 7) is 1.85. The summed E-state index contributed by atoms with van der Waals surface area (Å²) in [6, 6.07) is 10.4. The van der Waals surface area contributed by atoms with Crippen LogP contribution >= 0.6 is 0 Å². The molecule has 0 radical (unpaired) electrons. The first kappa shape index (κ1) is 15.6. The Morgan fingerprint density at radius 1 is 1.19 bits per heavy atom. The third kappa shape index (κ3) is 4.09. The number of para-hydroxylation sites is 1. The molecule has 1 unspecified atom stereocenters. The highest BCUT2D eigenvalue weighted by atomic mass is 32.2. The first-order chi connectivity index (χ1) is 10.0. The number of hydrogen-bond donors (Lipinski definition) is 2. The van der Waals surface area contributed by atoms with E-state index in [1.54, 1.807) is 37.6 Å². The Balaban J connectivity index is 2.03. The van der Waals surface area contributed by atoms with Crippen molar-refractivity contribution in [3.05, 3.63) is 48.4 Å². The van der Waals surface area contributed by atoms with Gasteiger partial charge >= 0.3 is 0 Å². The number of furan rings is 1. The normalized spacial score (nSPS) is 13.0. The predicted molar refractivity (Wildman–Crippen MR) is 82.8 cm³/mol. The molecule has 0 amide bonds. The minimum Gasteiger partial charge on any atom is -0.469 e. The van der Waals surface area contributed by atoms with Crippen LogP contribution in [0.5, 0.6) is 0 Å². The van der Waals surface area contributed by atoms with Crippen molar-refractivity contribution < 1.29 is 12.8 Å². The molecule has 1 aromatic heterocycles. The Morgan fingerprint density at radius 2 is 1.95 bits per heavy atom. The number of aryl methyl sites for hydroxylation is 1. The molecule has 1 heterocycles. The summed E-state index contributed by atoms with van der Waals surface area (Å²) in [5.74, 6) is 0.858. The fourth-order valence-electron chi connectivity index (χ4n) is 2.11. The van der Waals surface area contributed by atoms with Crippen LogP contribution in [0.4, 0.5) is 5.69 Å². The van der Waals surface area contributed by atoms with Crippen molar-refractivity contribution in [1.82, 2.24) is 4.72 Å². The molecular weight excluding hydrogens is 288 g/mol. The molecule has 5 nitrogen and oxygen atoms in total. The standard InChI is InChI=1S/C15H20N2O3S/c1-12(9-10-13-6-5-11-20-13)17-21(18,19)15-8-4-3-7-14(15)16-2/h3-8,11-12,16-17H,9-10H2,1-2H3. The summed E-state index contributed by atoms with van der Waals surface area (Å²) in [4.78, 5) is 0.261. The van der Waals surface area contributed by atoms with Gasteiger partial charge in [-0.15, -0.1) is 0 Å². The zero-order valence-electron chi connectivity index (χ0n) is 12.2. The molecule has 21 heavy (non-hydrogen) atoms. The van der Waals surface area contributed by atoms with Gasteiger partial charge in [-0.1, -0.05) is 12.1 Å². The summed E-state index contributed by atoms with van der Waals surface area (Å²) >= 11 is 0. The highest BCUT2D eigenvalue weighted by molar-refractivity contribution is 7.89. The van der Waals surface area contributed by atoms with Crippen LogP contribution in [0.1, 0.15) is 19.1 Å². The highest BCUT2D eigenvalue weighted by Crippen LogP contribution is 2.20. The van der Waals surface area contributed by atoms with Crippen LogP contribution in [0.15, 0.2) is 52.0 Å². The van der Waals surface area contributed by atoms with E-state index in [-0.39, 0.29) is 10.9 Å². The SMILES string of the molecule is CNc1ccccc1S(=O)(=O)NC(C)CCc1ccco1. The number of hydrogen-bond acceptors (Lipinski definition) is 4. The lowest BCUT2D eigenvalue weighted by molar-refractivity contribution is 0.480. The van der Waals surface area contributed by atoms with E-state index >= 15 is 0 Å². The zero-order chi connectivity index (χ0) is 15.3. The molecular formula is C15H20N2O3S. The molecule has 0 saturated heterocycles. The van der Waals surface area contributed by atoms with Gasteiger partial charge in [0.2, 0.25) is 10.0 Å². The van der Waals surface area contributed by atoms with Gasteiger partial charge in [0.1, 0.15) is 10.7 Å². The van der Waals surface area contributed by atoms with Gasteiger partial charge in [-0.2, -0.15) is 0 Å². The number of nitrogens with one attached hydrogen (secondary N) is 2. The van der Waals surface area contributed by atoms with Crippen molar-refractivity contribution in [1.29, 1.82) is 0 Å². The van der Waals surface area contributed by atoms with Gasteiger partial charge in [0, 0.05) is 19.5 Å². The number of anilines is 1. The van der Waals surface area contributed by atoms with Crippen LogP contribution in [0, 0.1) is 0 Å². The minimum absolute atomic E-state index is 0.176.